The Morgan fingerprint density at radius 2 is 1.47 bits per heavy atom. The van der Waals surface area contributed by atoms with E-state index in [4.69, 9.17) is 25.5 Å². The van der Waals surface area contributed by atoms with Gasteiger partial charge in [0.05, 0.1) is 18.6 Å². The summed E-state index contributed by atoms with van der Waals surface area (Å²) in [5, 5.41) is 0.343. The number of oxazole rings is 1. The molecule has 38 heavy (non-hydrogen) atoms. The second kappa shape index (κ2) is 11.0. The smallest absolute Gasteiger partial charge is 0.236 e. The number of hydrogen-bond donors (Lipinski definition) is 0. The Bertz CT molecular complexity index is 1480. The first kappa shape index (κ1) is 25.9. The largest absolute Gasteiger partial charge is 0.497 e. The van der Waals surface area contributed by atoms with Gasteiger partial charge in [-0.1, -0.05) is 11.6 Å². The zero-order chi connectivity index (χ0) is 26.7. The van der Waals surface area contributed by atoms with Gasteiger partial charge in [0.25, 0.3) is 0 Å². The van der Waals surface area contributed by atoms with Crippen LogP contribution in [-0.2, 0) is 9.84 Å². The monoisotopic (exact) mass is 553 g/mol. The molecule has 0 amide bonds. The van der Waals surface area contributed by atoms with Gasteiger partial charge in [0, 0.05) is 42.5 Å². The molecule has 0 unspecified atom stereocenters. The van der Waals surface area contributed by atoms with Crippen LogP contribution < -0.4 is 19.3 Å². The maximum absolute atomic E-state index is 13.7. The lowest BCUT2D eigenvalue weighted by molar-refractivity contribution is 0.340. The lowest BCUT2D eigenvalue weighted by atomic mass is 10.2. The van der Waals surface area contributed by atoms with Gasteiger partial charge in [0.1, 0.15) is 11.5 Å². The zero-order valence-electron chi connectivity index (χ0n) is 21.1. The molecule has 3 aromatic carbocycles. The molecule has 8 nitrogen and oxygen atoms in total. The number of rotatable bonds is 8. The predicted molar refractivity (Wildman–Crippen MR) is 147 cm³/mol. The number of piperazine rings is 1. The van der Waals surface area contributed by atoms with Gasteiger partial charge >= 0.3 is 0 Å². The Labute approximate surface area is 227 Å². The van der Waals surface area contributed by atoms with E-state index in [1.54, 1.807) is 31.4 Å². The summed E-state index contributed by atoms with van der Waals surface area (Å²) in [6, 6.07) is 21.2. The lowest BCUT2D eigenvalue weighted by Gasteiger charge is -2.36. The fourth-order valence-electron chi connectivity index (χ4n) is 4.34. The Morgan fingerprint density at radius 3 is 2.08 bits per heavy atom. The van der Waals surface area contributed by atoms with Crippen molar-refractivity contribution < 1.29 is 22.3 Å². The number of aromatic nitrogens is 1. The molecular weight excluding hydrogens is 526 g/mol. The number of anilines is 2. The van der Waals surface area contributed by atoms with Crippen molar-refractivity contribution in [2.75, 3.05) is 49.7 Å². The standard InChI is InChI=1S/C28H28ClN3O5S/c1-3-36-24-10-4-20(5-11-24)26-30-27(38(33,34)25-14-6-21(29)7-15-25)28(37-26)32-18-16-31(17-19-32)22-8-12-23(35-2)13-9-22/h4-15H,3,16-19H2,1-2H3. The fraction of sp³-hybridized carbons (Fsp3) is 0.250. The van der Waals surface area contributed by atoms with Crippen molar-refractivity contribution in [3.05, 3.63) is 77.8 Å². The van der Waals surface area contributed by atoms with Gasteiger partial charge in [0.2, 0.25) is 26.6 Å². The molecule has 0 bridgehead atoms. The van der Waals surface area contributed by atoms with Crippen LogP contribution in [0.1, 0.15) is 6.92 Å². The third-order valence-corrected chi connectivity index (χ3v) is 8.29. The minimum atomic E-state index is -3.97. The summed E-state index contributed by atoms with van der Waals surface area (Å²) in [5.74, 6) is 1.98. The fourth-order valence-corrected chi connectivity index (χ4v) is 5.79. The molecule has 0 saturated carbocycles. The molecule has 1 aromatic heterocycles. The minimum Gasteiger partial charge on any atom is -0.497 e. The highest BCUT2D eigenvalue weighted by Crippen LogP contribution is 2.36. The minimum absolute atomic E-state index is 0.103. The molecule has 1 fully saturated rings. The summed E-state index contributed by atoms with van der Waals surface area (Å²) in [6.45, 7) is 4.96. The highest BCUT2D eigenvalue weighted by Gasteiger charge is 2.33. The van der Waals surface area contributed by atoms with E-state index in [0.717, 1.165) is 11.4 Å². The summed E-state index contributed by atoms with van der Waals surface area (Å²) in [6.07, 6.45) is 0. The van der Waals surface area contributed by atoms with Crippen LogP contribution in [-0.4, -0.2) is 53.3 Å². The zero-order valence-corrected chi connectivity index (χ0v) is 22.7. The molecule has 0 spiro atoms. The molecule has 1 aliphatic heterocycles. The Morgan fingerprint density at radius 1 is 0.868 bits per heavy atom. The van der Waals surface area contributed by atoms with Crippen LogP contribution in [0.25, 0.3) is 11.5 Å². The van der Waals surface area contributed by atoms with Gasteiger partial charge in [-0.25, -0.2) is 8.42 Å². The molecule has 0 aliphatic carbocycles. The molecule has 0 radical (unpaired) electrons. The van der Waals surface area contributed by atoms with Crippen molar-refractivity contribution in [1.82, 2.24) is 4.98 Å². The highest BCUT2D eigenvalue weighted by molar-refractivity contribution is 7.91. The van der Waals surface area contributed by atoms with Gasteiger partial charge in [0.15, 0.2) is 0 Å². The van der Waals surface area contributed by atoms with E-state index >= 15 is 0 Å². The second-order valence-electron chi connectivity index (χ2n) is 8.72. The van der Waals surface area contributed by atoms with Crippen molar-refractivity contribution in [2.45, 2.75) is 16.8 Å². The Hall–Kier alpha value is -3.69. The number of benzene rings is 3. The summed E-state index contributed by atoms with van der Waals surface area (Å²) in [5.41, 5.74) is 1.73. The van der Waals surface area contributed by atoms with Gasteiger partial charge in [-0.05, 0) is 79.7 Å². The first-order valence-electron chi connectivity index (χ1n) is 12.3. The number of methoxy groups -OCH3 is 1. The van der Waals surface area contributed by atoms with Gasteiger partial charge < -0.3 is 23.7 Å². The molecule has 5 rings (SSSR count). The number of nitrogens with zero attached hydrogens (tertiary/aromatic N) is 3. The SMILES string of the molecule is CCOc1ccc(-c2nc(S(=O)(=O)c3ccc(Cl)cc3)c(N3CCN(c4ccc(OC)cc4)CC3)o2)cc1. The average Bonchev–Trinajstić information content (AvgIpc) is 3.41. The maximum Gasteiger partial charge on any atom is 0.236 e. The number of sulfone groups is 1. The molecule has 0 atom stereocenters. The van der Waals surface area contributed by atoms with Crippen LogP contribution in [0, 0.1) is 0 Å². The van der Waals surface area contributed by atoms with Crippen LogP contribution in [0.3, 0.4) is 0 Å². The number of hydrogen-bond acceptors (Lipinski definition) is 8. The summed E-state index contributed by atoms with van der Waals surface area (Å²) in [4.78, 5) is 8.79. The average molecular weight is 554 g/mol. The predicted octanol–water partition coefficient (Wildman–Crippen LogP) is 5.56. The molecule has 198 valence electrons. The molecule has 4 aromatic rings. The molecular formula is C28H28ClN3O5S. The van der Waals surface area contributed by atoms with Crippen molar-refractivity contribution in [3.63, 3.8) is 0 Å². The van der Waals surface area contributed by atoms with E-state index < -0.39 is 9.84 Å². The summed E-state index contributed by atoms with van der Waals surface area (Å²) >= 11 is 6.00. The lowest BCUT2D eigenvalue weighted by Crippen LogP contribution is -2.46. The Kier molecular flexibility index (Phi) is 7.49. The van der Waals surface area contributed by atoms with Crippen molar-refractivity contribution in [1.29, 1.82) is 0 Å². The molecule has 0 N–H and O–H groups in total. The third kappa shape index (κ3) is 5.30. The van der Waals surface area contributed by atoms with Gasteiger partial charge in [-0.2, -0.15) is 4.98 Å². The summed E-state index contributed by atoms with van der Waals surface area (Å²) < 4.78 is 44.4. The van der Waals surface area contributed by atoms with Crippen LogP contribution >= 0.6 is 11.6 Å². The van der Waals surface area contributed by atoms with E-state index in [-0.39, 0.29) is 21.7 Å². The Balaban J connectivity index is 1.47. The number of halogens is 1. The number of ether oxygens (including phenoxy) is 2. The van der Waals surface area contributed by atoms with Crippen LogP contribution in [0.4, 0.5) is 11.6 Å². The van der Waals surface area contributed by atoms with Crippen molar-refractivity contribution in [2.24, 2.45) is 0 Å². The van der Waals surface area contributed by atoms with Gasteiger partial charge in [-0.3, -0.25) is 0 Å². The molecule has 10 heteroatoms. The second-order valence-corrected chi connectivity index (χ2v) is 11.0. The van der Waals surface area contributed by atoms with E-state index in [2.05, 4.69) is 9.88 Å². The maximum atomic E-state index is 13.7. The summed E-state index contributed by atoms with van der Waals surface area (Å²) in [7, 11) is -2.33. The molecule has 1 aliphatic rings. The molecule has 2 heterocycles. The normalized spacial score (nSPS) is 14.0. The molecule has 1 saturated heterocycles. The topological polar surface area (TPSA) is 85.1 Å². The quantitative estimate of drug-likeness (QED) is 0.280. The van der Waals surface area contributed by atoms with E-state index in [0.29, 0.717) is 49.1 Å². The van der Waals surface area contributed by atoms with E-state index in [9.17, 15) is 8.42 Å². The third-order valence-electron chi connectivity index (χ3n) is 6.37. The van der Waals surface area contributed by atoms with Crippen LogP contribution in [0.2, 0.25) is 5.02 Å². The van der Waals surface area contributed by atoms with E-state index in [1.165, 1.54) is 12.1 Å². The van der Waals surface area contributed by atoms with Crippen molar-refractivity contribution in [3.8, 4) is 23.0 Å². The van der Waals surface area contributed by atoms with Gasteiger partial charge in [-0.15, -0.1) is 0 Å². The van der Waals surface area contributed by atoms with E-state index in [1.807, 2.05) is 48.2 Å². The van der Waals surface area contributed by atoms with Crippen LogP contribution in [0.15, 0.2) is 87.1 Å². The first-order valence-corrected chi connectivity index (χ1v) is 14.1. The van der Waals surface area contributed by atoms with Crippen LogP contribution in [0.5, 0.6) is 11.5 Å². The highest BCUT2D eigenvalue weighted by atomic mass is 35.5. The van der Waals surface area contributed by atoms with Crippen molar-refractivity contribution >= 4 is 33.0 Å². The first-order chi connectivity index (χ1) is 18.4.